The van der Waals surface area contributed by atoms with Crippen molar-refractivity contribution < 1.29 is 14.6 Å². The maximum absolute atomic E-state index is 11.6. The summed E-state index contributed by atoms with van der Waals surface area (Å²) in [7, 11) is 0. The van der Waals surface area contributed by atoms with Gasteiger partial charge in [-0.3, -0.25) is 0 Å². The van der Waals surface area contributed by atoms with E-state index >= 15 is 0 Å². The molecule has 0 aliphatic carbocycles. The predicted octanol–water partition coefficient (Wildman–Crippen LogP) is 3.42. The smallest absolute Gasteiger partial charge is 0.407 e. The van der Waals surface area contributed by atoms with Crippen molar-refractivity contribution in [1.29, 1.82) is 0 Å². The van der Waals surface area contributed by atoms with Gasteiger partial charge in [-0.15, -0.1) is 0 Å². The van der Waals surface area contributed by atoms with Gasteiger partial charge in [-0.2, -0.15) is 0 Å². The van der Waals surface area contributed by atoms with Crippen molar-refractivity contribution in [2.75, 3.05) is 6.61 Å². The van der Waals surface area contributed by atoms with Crippen molar-refractivity contribution in [3.8, 4) is 0 Å². The molecule has 0 aromatic heterocycles. The van der Waals surface area contributed by atoms with E-state index in [1.807, 2.05) is 0 Å². The lowest BCUT2D eigenvalue weighted by molar-refractivity contribution is 0.0483. The van der Waals surface area contributed by atoms with E-state index in [0.29, 0.717) is 16.5 Å². The van der Waals surface area contributed by atoms with Gasteiger partial charge in [-0.25, -0.2) is 4.79 Å². The molecule has 0 saturated heterocycles. The Morgan fingerprint density at radius 1 is 1.35 bits per heavy atom. The number of carbonyl (C=O) groups is 1. The number of benzene rings is 1. The molecule has 0 heterocycles. The van der Waals surface area contributed by atoms with Gasteiger partial charge in [0.25, 0.3) is 0 Å². The van der Waals surface area contributed by atoms with E-state index in [1.54, 1.807) is 39.0 Å². The lowest BCUT2D eigenvalue weighted by Crippen LogP contribution is -2.42. The number of aliphatic hydroxyl groups is 1. The zero-order valence-corrected chi connectivity index (χ0v) is 13.3. The highest BCUT2D eigenvalue weighted by Crippen LogP contribution is 2.23. The van der Waals surface area contributed by atoms with Gasteiger partial charge >= 0.3 is 6.09 Å². The van der Waals surface area contributed by atoms with E-state index in [1.165, 1.54) is 0 Å². The average molecular weight is 320 g/mol. The summed E-state index contributed by atoms with van der Waals surface area (Å²) < 4.78 is 5.14. The Kier molecular flexibility index (Phi) is 6.11. The number of halogens is 2. The van der Waals surface area contributed by atoms with Crippen LogP contribution in [0.25, 0.3) is 0 Å². The maximum atomic E-state index is 11.6. The Balaban J connectivity index is 2.63. The summed E-state index contributed by atoms with van der Waals surface area (Å²) in [6, 6.07) is 4.75. The van der Waals surface area contributed by atoms with Crippen LogP contribution < -0.4 is 5.32 Å². The quantitative estimate of drug-likeness (QED) is 0.894. The molecule has 0 aliphatic rings. The topological polar surface area (TPSA) is 58.6 Å². The van der Waals surface area contributed by atoms with Crippen molar-refractivity contribution in [2.45, 2.75) is 38.8 Å². The second kappa shape index (κ2) is 7.16. The molecule has 0 fully saturated rings. The van der Waals surface area contributed by atoms with E-state index in [9.17, 15) is 9.90 Å². The van der Waals surface area contributed by atoms with Gasteiger partial charge in [0.2, 0.25) is 0 Å². The largest absolute Gasteiger partial charge is 0.444 e. The number of carbonyl (C=O) groups excluding carboxylic acids is 1. The molecule has 0 saturated carbocycles. The number of alkyl carbamates (subject to hydrolysis) is 1. The number of nitrogens with one attached hydrogen (secondary N) is 1. The summed E-state index contributed by atoms with van der Waals surface area (Å²) in [5.41, 5.74) is 0.294. The Bertz CT molecular complexity index is 472. The third-order valence-corrected chi connectivity index (χ3v) is 3.15. The molecule has 6 heteroatoms. The molecule has 0 spiro atoms. The van der Waals surface area contributed by atoms with Crippen molar-refractivity contribution >= 4 is 29.3 Å². The number of hydrogen-bond acceptors (Lipinski definition) is 3. The van der Waals surface area contributed by atoms with Crippen LogP contribution in [0.2, 0.25) is 10.0 Å². The summed E-state index contributed by atoms with van der Waals surface area (Å²) in [6.07, 6.45) is -0.122. The highest BCUT2D eigenvalue weighted by Gasteiger charge is 2.19. The van der Waals surface area contributed by atoms with Gasteiger partial charge in [0.1, 0.15) is 5.60 Å². The van der Waals surface area contributed by atoms with Crippen LogP contribution in [0.15, 0.2) is 18.2 Å². The molecule has 0 aliphatic heterocycles. The normalized spacial score (nSPS) is 12.9. The van der Waals surface area contributed by atoms with Gasteiger partial charge < -0.3 is 15.2 Å². The van der Waals surface area contributed by atoms with Crippen LogP contribution in [-0.4, -0.2) is 29.4 Å². The van der Waals surface area contributed by atoms with Crippen LogP contribution >= 0.6 is 23.2 Å². The summed E-state index contributed by atoms with van der Waals surface area (Å²) in [4.78, 5) is 11.6. The second-order valence-electron chi connectivity index (χ2n) is 5.48. The minimum absolute atomic E-state index is 0.195. The molecule has 20 heavy (non-hydrogen) atoms. The zero-order chi connectivity index (χ0) is 15.3. The molecule has 4 nitrogen and oxygen atoms in total. The minimum Gasteiger partial charge on any atom is -0.444 e. The van der Waals surface area contributed by atoms with E-state index in [0.717, 1.165) is 5.56 Å². The first-order chi connectivity index (χ1) is 9.21. The lowest BCUT2D eigenvalue weighted by atomic mass is 10.1. The fourth-order valence-electron chi connectivity index (χ4n) is 1.59. The van der Waals surface area contributed by atoms with Crippen LogP contribution in [0.5, 0.6) is 0 Å². The molecule has 0 bridgehead atoms. The van der Waals surface area contributed by atoms with E-state index in [4.69, 9.17) is 27.9 Å². The van der Waals surface area contributed by atoms with E-state index < -0.39 is 17.7 Å². The van der Waals surface area contributed by atoms with Crippen LogP contribution in [0.3, 0.4) is 0 Å². The average Bonchev–Trinajstić information content (AvgIpc) is 2.30. The van der Waals surface area contributed by atoms with Gasteiger partial charge in [0.05, 0.1) is 22.7 Å². The first kappa shape index (κ1) is 17.1. The lowest BCUT2D eigenvalue weighted by Gasteiger charge is -2.22. The van der Waals surface area contributed by atoms with E-state index in [2.05, 4.69) is 5.32 Å². The van der Waals surface area contributed by atoms with Crippen LogP contribution in [0, 0.1) is 0 Å². The maximum Gasteiger partial charge on any atom is 0.407 e. The molecule has 0 radical (unpaired) electrons. The number of rotatable bonds is 4. The molecule has 1 rings (SSSR count). The Morgan fingerprint density at radius 2 is 2.00 bits per heavy atom. The molecular formula is C14H19Cl2NO3. The number of ether oxygens (including phenoxy) is 1. The summed E-state index contributed by atoms with van der Waals surface area (Å²) in [5, 5.41) is 12.9. The van der Waals surface area contributed by atoms with Crippen molar-refractivity contribution in [3.05, 3.63) is 33.8 Å². The number of aliphatic hydroxyl groups excluding tert-OH is 1. The molecular weight excluding hydrogens is 301 g/mol. The standard InChI is InChI=1S/C14H19Cl2NO3/c1-14(2,3)20-13(19)17-10(8-18)6-9-4-5-11(15)12(16)7-9/h4-5,7,10,18H,6,8H2,1-3H3,(H,17,19)/t10-/m0/s1. The minimum atomic E-state index is -0.576. The zero-order valence-electron chi connectivity index (χ0n) is 11.7. The second-order valence-corrected chi connectivity index (χ2v) is 6.29. The molecule has 1 aromatic rings. The third kappa shape index (κ3) is 5.99. The van der Waals surface area contributed by atoms with Gasteiger partial charge in [0.15, 0.2) is 0 Å². The highest BCUT2D eigenvalue weighted by atomic mass is 35.5. The van der Waals surface area contributed by atoms with Crippen LogP contribution in [0.4, 0.5) is 4.79 Å². The third-order valence-electron chi connectivity index (χ3n) is 2.41. The van der Waals surface area contributed by atoms with Crippen molar-refractivity contribution in [1.82, 2.24) is 5.32 Å². The molecule has 1 aromatic carbocycles. The van der Waals surface area contributed by atoms with Crippen LogP contribution in [-0.2, 0) is 11.2 Å². The first-order valence-corrected chi connectivity index (χ1v) is 7.01. The Hall–Kier alpha value is -0.970. The van der Waals surface area contributed by atoms with E-state index in [-0.39, 0.29) is 6.61 Å². The molecule has 0 unspecified atom stereocenters. The molecule has 1 amide bonds. The van der Waals surface area contributed by atoms with Gasteiger partial charge in [-0.05, 0) is 44.9 Å². The molecule has 2 N–H and O–H groups in total. The Labute approximate surface area is 129 Å². The SMILES string of the molecule is CC(C)(C)OC(=O)N[C@H](CO)Cc1ccc(Cl)c(Cl)c1. The van der Waals surface area contributed by atoms with Crippen molar-refractivity contribution in [2.24, 2.45) is 0 Å². The summed E-state index contributed by atoms with van der Waals surface area (Å²) in [6.45, 7) is 5.14. The fraction of sp³-hybridized carbons (Fsp3) is 0.500. The Morgan fingerprint density at radius 3 is 2.50 bits per heavy atom. The highest BCUT2D eigenvalue weighted by molar-refractivity contribution is 6.42. The monoisotopic (exact) mass is 319 g/mol. The first-order valence-electron chi connectivity index (χ1n) is 6.25. The molecule has 112 valence electrons. The number of hydrogen-bond donors (Lipinski definition) is 2. The summed E-state index contributed by atoms with van der Waals surface area (Å²) in [5.74, 6) is 0. The number of amides is 1. The molecule has 1 atom stereocenters. The van der Waals surface area contributed by atoms with Gasteiger partial charge in [0, 0.05) is 0 Å². The van der Waals surface area contributed by atoms with Crippen LogP contribution in [0.1, 0.15) is 26.3 Å². The summed E-state index contributed by atoms with van der Waals surface area (Å²) >= 11 is 11.8. The van der Waals surface area contributed by atoms with Gasteiger partial charge in [-0.1, -0.05) is 29.3 Å². The predicted molar refractivity (Wildman–Crippen MR) is 80.4 cm³/mol. The fourth-order valence-corrected chi connectivity index (χ4v) is 1.91. The van der Waals surface area contributed by atoms with Crippen molar-refractivity contribution in [3.63, 3.8) is 0 Å².